The minimum absolute atomic E-state index is 0.220. The Bertz CT molecular complexity index is 716. The molecule has 1 aromatic carbocycles. The largest absolute Gasteiger partial charge is 0.276 e. The second kappa shape index (κ2) is 6.87. The van der Waals surface area contributed by atoms with Gasteiger partial charge in [0.05, 0.1) is 11.1 Å². The molecule has 0 saturated heterocycles. The lowest BCUT2D eigenvalue weighted by molar-refractivity contribution is 0.584. The van der Waals surface area contributed by atoms with Crippen LogP contribution in [0.1, 0.15) is 29.2 Å². The molecule has 0 spiro atoms. The molecule has 0 aliphatic rings. The zero-order valence-electron chi connectivity index (χ0n) is 12.0. The van der Waals surface area contributed by atoms with Crippen LogP contribution in [0.4, 0.5) is 0 Å². The number of hydrogen-bond acceptors (Lipinski definition) is 4. The predicted octanol–water partition coefficient (Wildman–Crippen LogP) is 3.19. The van der Waals surface area contributed by atoms with Crippen LogP contribution in [0.15, 0.2) is 46.4 Å². The summed E-state index contributed by atoms with van der Waals surface area (Å²) in [4.78, 5) is 4.63. The lowest BCUT2D eigenvalue weighted by Crippen LogP contribution is -2.18. The Balaban J connectivity index is 2.06. The van der Waals surface area contributed by atoms with E-state index in [9.17, 15) is 8.42 Å². The Labute approximate surface area is 129 Å². The molecule has 21 heavy (non-hydrogen) atoms. The molecule has 1 aromatic heterocycles. The van der Waals surface area contributed by atoms with Crippen LogP contribution in [0.2, 0.25) is 0 Å². The first-order chi connectivity index (χ1) is 10.0. The van der Waals surface area contributed by atoms with Gasteiger partial charge in [-0.1, -0.05) is 26.0 Å². The molecule has 1 N–H and O–H groups in total. The maximum Gasteiger partial charge on any atom is 0.276 e. The maximum atomic E-state index is 12.1. The van der Waals surface area contributed by atoms with E-state index in [2.05, 4.69) is 16.9 Å². The van der Waals surface area contributed by atoms with Gasteiger partial charge in [-0.3, -0.25) is 0 Å². The Hall–Kier alpha value is -1.66. The summed E-state index contributed by atoms with van der Waals surface area (Å²) in [6, 6.07) is 10.8. The summed E-state index contributed by atoms with van der Waals surface area (Å²) in [7, 11) is -3.60. The number of aryl methyl sites for hydroxylation is 2. The number of nitrogens with one attached hydrogen (secondary N) is 1. The summed E-state index contributed by atoms with van der Waals surface area (Å²) in [5.74, 6) is 0. The minimum Gasteiger partial charge on any atom is -0.200 e. The van der Waals surface area contributed by atoms with E-state index < -0.39 is 10.0 Å². The number of hydrogen-bond donors (Lipinski definition) is 1. The lowest BCUT2D eigenvalue weighted by atomic mass is 10.2. The average molecular weight is 322 g/mol. The topological polar surface area (TPSA) is 58.5 Å². The predicted molar refractivity (Wildman–Crippen MR) is 87.4 cm³/mol. The van der Waals surface area contributed by atoms with Crippen molar-refractivity contribution in [3.63, 3.8) is 0 Å². The molecular weight excluding hydrogens is 304 g/mol. The van der Waals surface area contributed by atoms with Gasteiger partial charge in [-0.25, -0.2) is 4.83 Å². The Morgan fingerprint density at radius 3 is 2.38 bits per heavy atom. The molecule has 0 atom stereocenters. The van der Waals surface area contributed by atoms with Crippen molar-refractivity contribution in [2.24, 2.45) is 5.10 Å². The number of nitrogens with zero attached hydrogens (tertiary/aromatic N) is 1. The van der Waals surface area contributed by atoms with Gasteiger partial charge in [0, 0.05) is 9.75 Å². The van der Waals surface area contributed by atoms with Crippen molar-refractivity contribution >= 4 is 27.6 Å². The van der Waals surface area contributed by atoms with E-state index in [1.54, 1.807) is 23.5 Å². The van der Waals surface area contributed by atoms with E-state index in [0.717, 1.165) is 23.3 Å². The third kappa shape index (κ3) is 4.15. The van der Waals surface area contributed by atoms with Gasteiger partial charge in [0.2, 0.25) is 0 Å². The van der Waals surface area contributed by atoms with Gasteiger partial charge < -0.3 is 0 Å². The average Bonchev–Trinajstić information content (AvgIpc) is 2.95. The van der Waals surface area contributed by atoms with Crippen LogP contribution >= 0.6 is 11.3 Å². The smallest absolute Gasteiger partial charge is 0.200 e. The molecule has 6 heteroatoms. The molecule has 0 aliphatic heterocycles. The standard InChI is InChI=1S/C15H18N2O2S2/c1-3-12-5-9-15(10-6-12)21(18,19)17-16-11-14-8-7-13(4-2)20-14/h5-11,17H,3-4H2,1-2H3/b16-11-. The van der Waals surface area contributed by atoms with E-state index >= 15 is 0 Å². The van der Waals surface area contributed by atoms with Gasteiger partial charge in [0.1, 0.15) is 0 Å². The van der Waals surface area contributed by atoms with Crippen molar-refractivity contribution in [3.8, 4) is 0 Å². The van der Waals surface area contributed by atoms with Crippen LogP contribution in [0, 0.1) is 0 Å². The van der Waals surface area contributed by atoms with Crippen LogP contribution in [-0.4, -0.2) is 14.6 Å². The Kier molecular flexibility index (Phi) is 5.14. The zero-order valence-corrected chi connectivity index (χ0v) is 13.7. The van der Waals surface area contributed by atoms with Gasteiger partial charge in [0.25, 0.3) is 10.0 Å². The van der Waals surface area contributed by atoms with E-state index in [4.69, 9.17) is 0 Å². The second-order valence-electron chi connectivity index (χ2n) is 4.51. The fourth-order valence-corrected chi connectivity index (χ4v) is 3.39. The normalized spacial score (nSPS) is 11.9. The van der Waals surface area contributed by atoms with E-state index in [1.807, 2.05) is 31.2 Å². The van der Waals surface area contributed by atoms with Crippen molar-refractivity contribution in [2.45, 2.75) is 31.6 Å². The Morgan fingerprint density at radius 1 is 1.10 bits per heavy atom. The maximum absolute atomic E-state index is 12.1. The van der Waals surface area contributed by atoms with Gasteiger partial charge in [-0.05, 0) is 42.7 Å². The van der Waals surface area contributed by atoms with Gasteiger partial charge in [-0.2, -0.15) is 13.5 Å². The Morgan fingerprint density at radius 2 is 1.81 bits per heavy atom. The third-order valence-corrected chi connectivity index (χ3v) is 5.44. The van der Waals surface area contributed by atoms with Crippen molar-refractivity contribution < 1.29 is 8.42 Å². The lowest BCUT2D eigenvalue weighted by Gasteiger charge is -2.03. The molecule has 0 saturated carbocycles. The molecule has 0 radical (unpaired) electrons. The first-order valence-electron chi connectivity index (χ1n) is 6.77. The fourth-order valence-electron chi connectivity index (χ4n) is 1.77. The minimum atomic E-state index is -3.60. The number of benzene rings is 1. The highest BCUT2D eigenvalue weighted by molar-refractivity contribution is 7.89. The van der Waals surface area contributed by atoms with E-state index in [-0.39, 0.29) is 4.90 Å². The summed E-state index contributed by atoms with van der Waals surface area (Å²) in [6.07, 6.45) is 3.37. The van der Waals surface area contributed by atoms with Crippen LogP contribution < -0.4 is 4.83 Å². The van der Waals surface area contributed by atoms with Crippen molar-refractivity contribution in [3.05, 3.63) is 51.7 Å². The van der Waals surface area contributed by atoms with E-state index in [0.29, 0.717) is 0 Å². The van der Waals surface area contributed by atoms with Crippen molar-refractivity contribution in [2.75, 3.05) is 0 Å². The second-order valence-corrected chi connectivity index (χ2v) is 7.37. The molecule has 0 unspecified atom stereocenters. The van der Waals surface area contributed by atoms with Crippen LogP contribution in [0.5, 0.6) is 0 Å². The first kappa shape index (κ1) is 15.7. The highest BCUT2D eigenvalue weighted by Crippen LogP contribution is 2.15. The molecular formula is C15H18N2O2S2. The summed E-state index contributed by atoms with van der Waals surface area (Å²) < 4.78 is 24.1. The monoisotopic (exact) mass is 322 g/mol. The van der Waals surface area contributed by atoms with Gasteiger partial charge in [0.15, 0.2) is 0 Å². The molecule has 0 fully saturated rings. The van der Waals surface area contributed by atoms with Crippen LogP contribution in [0.25, 0.3) is 0 Å². The fraction of sp³-hybridized carbons (Fsp3) is 0.267. The van der Waals surface area contributed by atoms with Gasteiger partial charge in [-0.15, -0.1) is 11.3 Å². The zero-order chi connectivity index (χ0) is 15.3. The first-order valence-corrected chi connectivity index (χ1v) is 9.07. The van der Waals surface area contributed by atoms with Crippen LogP contribution in [-0.2, 0) is 22.9 Å². The number of hydrazone groups is 1. The van der Waals surface area contributed by atoms with Crippen molar-refractivity contribution in [1.82, 2.24) is 4.83 Å². The summed E-state index contributed by atoms with van der Waals surface area (Å²) in [6.45, 7) is 4.10. The molecule has 2 rings (SSSR count). The highest BCUT2D eigenvalue weighted by atomic mass is 32.2. The van der Waals surface area contributed by atoms with Gasteiger partial charge >= 0.3 is 0 Å². The molecule has 0 aliphatic carbocycles. The SMILES string of the molecule is CCc1ccc(S(=O)(=O)N/N=C\c2ccc(CC)s2)cc1. The highest BCUT2D eigenvalue weighted by Gasteiger charge is 2.11. The molecule has 0 amide bonds. The quantitative estimate of drug-likeness (QED) is 0.656. The summed E-state index contributed by atoms with van der Waals surface area (Å²) >= 11 is 1.60. The van der Waals surface area contributed by atoms with Crippen LogP contribution in [0.3, 0.4) is 0 Å². The van der Waals surface area contributed by atoms with Crippen molar-refractivity contribution in [1.29, 1.82) is 0 Å². The summed E-state index contributed by atoms with van der Waals surface area (Å²) in [5, 5.41) is 3.83. The number of sulfonamides is 1. The third-order valence-electron chi connectivity index (χ3n) is 3.04. The molecule has 1 heterocycles. The molecule has 0 bridgehead atoms. The number of thiophene rings is 1. The molecule has 112 valence electrons. The molecule has 2 aromatic rings. The van der Waals surface area contributed by atoms with E-state index in [1.165, 1.54) is 11.1 Å². The number of rotatable bonds is 6. The summed E-state index contributed by atoms with van der Waals surface area (Å²) in [5.41, 5.74) is 1.10. The molecule has 4 nitrogen and oxygen atoms in total.